The van der Waals surface area contributed by atoms with E-state index in [1.807, 2.05) is 12.1 Å². The van der Waals surface area contributed by atoms with Gasteiger partial charge >= 0.3 is 0 Å². The largest absolute Gasteiger partial charge is 0.493 e. The van der Waals surface area contributed by atoms with Gasteiger partial charge in [0.1, 0.15) is 17.7 Å². The Morgan fingerprint density at radius 2 is 1.79 bits per heavy atom. The van der Waals surface area contributed by atoms with Gasteiger partial charge in [-0.2, -0.15) is 0 Å². The van der Waals surface area contributed by atoms with E-state index < -0.39 is 0 Å². The van der Waals surface area contributed by atoms with Gasteiger partial charge in [0.15, 0.2) is 11.5 Å². The Balaban J connectivity index is 1.67. The highest BCUT2D eigenvalue weighted by atomic mass is 32.1. The van der Waals surface area contributed by atoms with Gasteiger partial charge in [-0.05, 0) is 31.5 Å². The van der Waals surface area contributed by atoms with Crippen molar-refractivity contribution in [2.45, 2.75) is 39.0 Å². The summed E-state index contributed by atoms with van der Waals surface area (Å²) in [5, 5.41) is 7.55. The number of ether oxygens (including phenoxy) is 3. The number of benzene rings is 1. The first kappa shape index (κ1) is 19.8. The lowest BCUT2D eigenvalue weighted by atomic mass is 9.99. The van der Waals surface area contributed by atoms with Crippen LogP contribution in [0.4, 0.5) is 5.00 Å². The molecule has 0 radical (unpaired) electrons. The molecule has 2 atom stereocenters. The molecule has 2 aliphatic rings. The van der Waals surface area contributed by atoms with E-state index in [4.69, 9.17) is 14.2 Å². The average Bonchev–Trinajstić information content (AvgIpc) is 3.10. The minimum Gasteiger partial charge on any atom is -0.493 e. The predicted molar refractivity (Wildman–Crippen MR) is 113 cm³/mol. The Hall–Kier alpha value is -2.45. The molecule has 7 nitrogen and oxygen atoms in total. The fraction of sp³-hybridized carbons (Fsp3) is 0.476. The highest BCUT2D eigenvalue weighted by Crippen LogP contribution is 2.43. The monoisotopic (exact) mass is 418 g/mol. The fourth-order valence-corrected chi connectivity index (χ4v) is 5.47. The number of nitrogens with one attached hydrogen (secondary N) is 3. The van der Waals surface area contributed by atoms with Crippen LogP contribution in [0.5, 0.6) is 17.2 Å². The molecule has 1 aromatic heterocycles. The van der Waals surface area contributed by atoms with Crippen molar-refractivity contribution in [3.63, 3.8) is 0 Å². The molecule has 4 rings (SSSR count). The van der Waals surface area contributed by atoms with Crippen LogP contribution >= 0.6 is 11.3 Å². The average molecular weight is 419 g/mol. The minimum absolute atomic E-state index is 0.0250. The molecule has 1 aromatic carbocycles. The smallest absolute Gasteiger partial charge is 0.256 e. The molecule has 0 aliphatic carbocycles. The van der Waals surface area contributed by atoms with Gasteiger partial charge in [0.05, 0.1) is 44.4 Å². The van der Waals surface area contributed by atoms with Crippen LogP contribution in [-0.4, -0.2) is 39.8 Å². The van der Waals surface area contributed by atoms with Gasteiger partial charge in [-0.3, -0.25) is 4.79 Å². The Kier molecular flexibility index (Phi) is 5.31. The van der Waals surface area contributed by atoms with Crippen molar-refractivity contribution in [3.05, 3.63) is 33.7 Å². The van der Waals surface area contributed by atoms with Crippen LogP contribution in [0.1, 0.15) is 46.4 Å². The molecule has 0 bridgehead atoms. The van der Waals surface area contributed by atoms with Gasteiger partial charge in [0.2, 0.25) is 5.75 Å². The number of quaternary nitrogens is 1. The molecule has 29 heavy (non-hydrogen) atoms. The number of carbonyl (C=O) groups excluding carboxylic acids is 1. The summed E-state index contributed by atoms with van der Waals surface area (Å²) < 4.78 is 16.3. The lowest BCUT2D eigenvalue weighted by Crippen LogP contribution is -3.14. The Bertz CT molecular complexity index is 915. The number of hydrogen-bond donors (Lipinski definition) is 3. The second kappa shape index (κ2) is 7.76. The molecule has 0 saturated carbocycles. The molecule has 3 heterocycles. The van der Waals surface area contributed by atoms with Crippen LogP contribution < -0.4 is 29.7 Å². The molecule has 2 aromatic rings. The number of rotatable bonds is 5. The summed E-state index contributed by atoms with van der Waals surface area (Å²) in [6.45, 7) is 6.55. The van der Waals surface area contributed by atoms with E-state index in [9.17, 15) is 4.79 Å². The van der Waals surface area contributed by atoms with Crippen molar-refractivity contribution in [1.82, 2.24) is 5.32 Å². The molecule has 1 unspecified atom stereocenters. The maximum Gasteiger partial charge on any atom is 0.256 e. The van der Waals surface area contributed by atoms with Crippen molar-refractivity contribution in [1.29, 1.82) is 0 Å². The normalized spacial score (nSPS) is 20.4. The van der Waals surface area contributed by atoms with E-state index in [1.165, 1.54) is 10.4 Å². The van der Waals surface area contributed by atoms with Crippen LogP contribution in [0.25, 0.3) is 0 Å². The lowest BCUT2D eigenvalue weighted by Gasteiger charge is -2.29. The number of methoxy groups -OCH3 is 3. The molecule has 0 spiro atoms. The topological polar surface area (TPSA) is 73.3 Å². The van der Waals surface area contributed by atoms with Crippen molar-refractivity contribution < 1.29 is 23.9 Å². The standard InChI is InChI=1S/C21H27N3O4S/c1-11(2)24-7-6-13-16(10-24)29-21-17(13)20(25)22-19(23-21)12-8-14(26-3)18(28-5)15(9-12)27-4/h8-9,11,19,23H,6-7,10H2,1-5H3,(H,22,25)/p+1/t19-/m0/s1. The minimum atomic E-state index is -0.364. The number of carbonyl (C=O) groups is 1. The zero-order valence-electron chi connectivity index (χ0n) is 17.5. The third-order valence-electron chi connectivity index (χ3n) is 5.79. The maximum atomic E-state index is 13.0. The summed E-state index contributed by atoms with van der Waals surface area (Å²) in [5.74, 6) is 1.63. The number of anilines is 1. The van der Waals surface area contributed by atoms with Gasteiger partial charge in [0, 0.05) is 12.0 Å². The molecule has 3 N–H and O–H groups in total. The van der Waals surface area contributed by atoms with E-state index in [0.717, 1.165) is 35.6 Å². The van der Waals surface area contributed by atoms with Crippen LogP contribution in [0.15, 0.2) is 12.1 Å². The van der Waals surface area contributed by atoms with Crippen molar-refractivity contribution in [2.24, 2.45) is 0 Å². The maximum absolute atomic E-state index is 13.0. The van der Waals surface area contributed by atoms with Crippen molar-refractivity contribution in [2.75, 3.05) is 33.2 Å². The summed E-state index contributed by atoms with van der Waals surface area (Å²) in [6.07, 6.45) is 0.580. The van der Waals surface area contributed by atoms with Gasteiger partial charge in [0.25, 0.3) is 5.91 Å². The second-order valence-corrected chi connectivity index (χ2v) is 8.81. The van der Waals surface area contributed by atoms with Crippen molar-refractivity contribution >= 4 is 22.2 Å². The zero-order chi connectivity index (χ0) is 20.7. The quantitative estimate of drug-likeness (QED) is 0.693. The van der Waals surface area contributed by atoms with Crippen LogP contribution in [0.3, 0.4) is 0 Å². The lowest BCUT2D eigenvalue weighted by molar-refractivity contribution is -0.936. The van der Waals surface area contributed by atoms with Crippen molar-refractivity contribution in [3.8, 4) is 17.2 Å². The highest BCUT2D eigenvalue weighted by molar-refractivity contribution is 7.16. The van der Waals surface area contributed by atoms with Gasteiger partial charge in [-0.15, -0.1) is 11.3 Å². The summed E-state index contributed by atoms with van der Waals surface area (Å²) in [4.78, 5) is 15.9. The molecular formula is C21H28N3O4S+. The van der Waals surface area contributed by atoms with Crippen LogP contribution in [0, 0.1) is 0 Å². The third-order valence-corrected chi connectivity index (χ3v) is 6.95. The first-order valence-corrected chi connectivity index (χ1v) is 10.6. The summed E-state index contributed by atoms with van der Waals surface area (Å²) in [5.41, 5.74) is 2.87. The van der Waals surface area contributed by atoms with E-state index in [2.05, 4.69) is 24.5 Å². The van der Waals surface area contributed by atoms with E-state index in [1.54, 1.807) is 37.6 Å². The molecule has 2 aliphatic heterocycles. The molecule has 1 amide bonds. The zero-order valence-corrected chi connectivity index (χ0v) is 18.3. The summed E-state index contributed by atoms with van der Waals surface area (Å²) >= 11 is 1.71. The number of hydrogen-bond acceptors (Lipinski definition) is 6. The van der Waals surface area contributed by atoms with Gasteiger partial charge < -0.3 is 29.7 Å². The first-order chi connectivity index (χ1) is 14.0. The fourth-order valence-electron chi connectivity index (χ4n) is 4.14. The van der Waals surface area contributed by atoms with E-state index in [0.29, 0.717) is 23.3 Å². The van der Waals surface area contributed by atoms with E-state index in [-0.39, 0.29) is 12.1 Å². The second-order valence-electron chi connectivity index (χ2n) is 7.71. The Labute approximate surface area is 174 Å². The highest BCUT2D eigenvalue weighted by Gasteiger charge is 2.35. The number of thiophene rings is 1. The Morgan fingerprint density at radius 1 is 1.10 bits per heavy atom. The molecule has 0 saturated heterocycles. The van der Waals surface area contributed by atoms with Gasteiger partial charge in [-0.25, -0.2) is 0 Å². The Morgan fingerprint density at radius 3 is 2.38 bits per heavy atom. The summed E-state index contributed by atoms with van der Waals surface area (Å²) in [7, 11) is 4.75. The SMILES string of the molecule is COc1cc([C@H]2NC(=O)c3c(sc4c3CC[NH+](C(C)C)C4)N2)cc(OC)c1OC. The molecule has 8 heteroatoms. The van der Waals surface area contributed by atoms with Gasteiger partial charge in [-0.1, -0.05) is 0 Å². The van der Waals surface area contributed by atoms with E-state index >= 15 is 0 Å². The third kappa shape index (κ3) is 3.40. The molecule has 0 fully saturated rings. The number of fused-ring (bicyclic) bond motifs is 3. The summed E-state index contributed by atoms with van der Waals surface area (Å²) in [6, 6.07) is 4.31. The molecule has 156 valence electrons. The predicted octanol–water partition coefficient (Wildman–Crippen LogP) is 1.98. The van der Waals surface area contributed by atoms with Crippen LogP contribution in [-0.2, 0) is 13.0 Å². The van der Waals surface area contributed by atoms with Crippen LogP contribution in [0.2, 0.25) is 0 Å². The number of amides is 1. The first-order valence-electron chi connectivity index (χ1n) is 9.83. The molecular weight excluding hydrogens is 390 g/mol.